The van der Waals surface area contributed by atoms with Gasteiger partial charge in [-0.05, 0) is 201 Å². The van der Waals surface area contributed by atoms with E-state index >= 15 is 0 Å². The monoisotopic (exact) mass is 1090 g/mol. The van der Waals surface area contributed by atoms with Crippen molar-refractivity contribution in [3.05, 3.63) is 358 Å². The third-order valence-corrected chi connectivity index (χ3v) is 19.7. The van der Waals surface area contributed by atoms with Gasteiger partial charge in [-0.2, -0.15) is 0 Å². The van der Waals surface area contributed by atoms with Crippen LogP contribution in [0, 0.1) is 27.7 Å². The van der Waals surface area contributed by atoms with Crippen molar-refractivity contribution in [1.29, 1.82) is 0 Å². The summed E-state index contributed by atoms with van der Waals surface area (Å²) in [6, 6.07) is 112. The molecular weight excluding hydrogens is 1030 g/mol. The Labute approximate surface area is 504 Å². The van der Waals surface area contributed by atoms with Crippen LogP contribution in [0.15, 0.2) is 291 Å². The molecule has 0 bridgehead atoms. The number of hydrogen-bond donors (Lipinski definition) is 0. The molecule has 0 aliphatic heterocycles. The molecule has 0 heteroatoms. The summed E-state index contributed by atoms with van der Waals surface area (Å²) in [5.74, 6) is 0. The van der Waals surface area contributed by atoms with Gasteiger partial charge in [0, 0.05) is 0 Å². The second kappa shape index (κ2) is 19.1. The van der Waals surface area contributed by atoms with Gasteiger partial charge in [-0.1, -0.05) is 295 Å². The predicted octanol–water partition coefficient (Wildman–Crippen LogP) is 22.3. The second-order valence-electron chi connectivity index (χ2n) is 24.5. The lowest BCUT2D eigenvalue weighted by Gasteiger charge is -2.34. The fourth-order valence-electron chi connectivity index (χ4n) is 15.8. The maximum absolute atomic E-state index is 2.53. The Bertz CT molecular complexity index is 4990. The smallest absolute Gasteiger partial charge is 0.0622 e. The topological polar surface area (TPSA) is 0 Å². The lowest BCUT2D eigenvalue weighted by molar-refractivity contribution is 0.768. The first-order chi connectivity index (χ1) is 42.3. The van der Waals surface area contributed by atoms with Crippen molar-refractivity contribution in [1.82, 2.24) is 0 Å². The zero-order chi connectivity index (χ0) is 57.4. The molecule has 0 amide bonds. The first-order valence-electron chi connectivity index (χ1n) is 30.4. The predicted molar refractivity (Wildman–Crippen MR) is 361 cm³/mol. The molecule has 404 valence electrons. The molecule has 3 aliphatic carbocycles. The van der Waals surface area contributed by atoms with Crippen molar-refractivity contribution in [2.45, 2.75) is 38.5 Å². The summed E-state index contributed by atoms with van der Waals surface area (Å²) in [4.78, 5) is 0. The van der Waals surface area contributed by atoms with E-state index in [-0.39, 0.29) is 0 Å². The van der Waals surface area contributed by atoms with Crippen LogP contribution in [0.1, 0.15) is 66.8 Å². The summed E-state index contributed by atoms with van der Waals surface area (Å²) < 4.78 is 0. The average molecular weight is 1090 g/mol. The summed E-state index contributed by atoms with van der Waals surface area (Å²) in [6.45, 7) is 8.75. The van der Waals surface area contributed by atoms with Gasteiger partial charge in [-0.3, -0.25) is 0 Å². The summed E-state index contributed by atoms with van der Waals surface area (Å²) in [5.41, 5.74) is 34.5. The molecule has 0 aromatic heterocycles. The number of fused-ring (bicyclic) bond motifs is 10. The summed E-state index contributed by atoms with van der Waals surface area (Å²) >= 11 is 0. The van der Waals surface area contributed by atoms with Gasteiger partial charge < -0.3 is 0 Å². The minimum absolute atomic E-state index is 0.515. The van der Waals surface area contributed by atoms with Crippen molar-refractivity contribution in [3.63, 3.8) is 0 Å². The van der Waals surface area contributed by atoms with Crippen LogP contribution < -0.4 is 0 Å². The standard InChI is InChI=1S/C86H60/c1-53-26-37-62(38-27-53)85(63-39-28-54(2)29-40-63)76-24-13-11-20-67(76)69-45-34-60(51-78(69)85)59-35-47-72-75(50-59)81(58-18-9-6-10-19-58)83-73-23-15-22-71-66(48-49-74(82(71)73)84(83)80(72)57-16-7-5-8-17-57)61-36-46-70-68-21-12-14-25-77(68)86(79(70)52-61,64-41-30-55(3)31-42-64)65-43-32-56(4)33-44-65/h5-52H,1-4H3. The lowest BCUT2D eigenvalue weighted by atomic mass is 9.67. The number of rotatable bonds is 8. The summed E-state index contributed by atoms with van der Waals surface area (Å²) in [5, 5.41) is 5.05. The van der Waals surface area contributed by atoms with Crippen molar-refractivity contribution in [2.24, 2.45) is 0 Å². The maximum Gasteiger partial charge on any atom is 0.0713 e. The highest BCUT2D eigenvalue weighted by atomic mass is 14.5. The van der Waals surface area contributed by atoms with Gasteiger partial charge in [0.25, 0.3) is 0 Å². The van der Waals surface area contributed by atoms with Crippen LogP contribution in [0.2, 0.25) is 0 Å². The molecule has 0 unspecified atom stereocenters. The van der Waals surface area contributed by atoms with Gasteiger partial charge in [0.15, 0.2) is 0 Å². The van der Waals surface area contributed by atoms with Gasteiger partial charge >= 0.3 is 0 Å². The second-order valence-corrected chi connectivity index (χ2v) is 24.5. The zero-order valence-electron chi connectivity index (χ0n) is 48.7. The van der Waals surface area contributed by atoms with E-state index in [9.17, 15) is 0 Å². The van der Waals surface area contributed by atoms with Crippen LogP contribution in [0.5, 0.6) is 0 Å². The molecule has 0 heterocycles. The van der Waals surface area contributed by atoms with Crippen LogP contribution in [0.25, 0.3) is 111 Å². The average Bonchev–Trinajstić information content (AvgIpc) is 1.59. The SMILES string of the molecule is Cc1ccc(C2(c3ccc(C)cc3)c3ccccc3-c3ccc(-c4ccc5c(-c6ccccc6)c6c(c(-c7ccccc7)c5c4)-c4cccc5c(-c7ccc8c(c7)C(c7ccc(C)cc7)(c7ccc(C)cc7)c7ccccc7-8)ccc-6c45)cc32)cc1. The fraction of sp³-hybridized carbons (Fsp3) is 0.0698. The Morgan fingerprint density at radius 3 is 1.06 bits per heavy atom. The molecule has 0 spiro atoms. The van der Waals surface area contributed by atoms with Gasteiger partial charge in [0.05, 0.1) is 10.8 Å². The Morgan fingerprint density at radius 2 is 0.558 bits per heavy atom. The summed E-state index contributed by atoms with van der Waals surface area (Å²) in [7, 11) is 0. The molecule has 17 rings (SSSR count). The first-order valence-corrected chi connectivity index (χ1v) is 30.4. The van der Waals surface area contributed by atoms with E-state index in [4.69, 9.17) is 0 Å². The Hall–Kier alpha value is -10.4. The lowest BCUT2D eigenvalue weighted by Crippen LogP contribution is -2.28. The van der Waals surface area contributed by atoms with Crippen LogP contribution in [0.3, 0.4) is 0 Å². The highest BCUT2D eigenvalue weighted by Gasteiger charge is 2.48. The van der Waals surface area contributed by atoms with Crippen LogP contribution in [-0.4, -0.2) is 0 Å². The van der Waals surface area contributed by atoms with Crippen LogP contribution >= 0.6 is 0 Å². The van der Waals surface area contributed by atoms with Crippen molar-refractivity contribution < 1.29 is 0 Å². The fourth-order valence-corrected chi connectivity index (χ4v) is 15.8. The van der Waals surface area contributed by atoms with Gasteiger partial charge in [-0.25, -0.2) is 0 Å². The molecule has 0 atom stereocenters. The molecule has 0 saturated carbocycles. The summed E-state index contributed by atoms with van der Waals surface area (Å²) in [6.07, 6.45) is 0. The maximum atomic E-state index is 2.53. The minimum Gasteiger partial charge on any atom is -0.0622 e. The van der Waals surface area contributed by atoms with E-state index < -0.39 is 10.8 Å². The third kappa shape index (κ3) is 7.11. The van der Waals surface area contributed by atoms with Gasteiger partial charge in [0.1, 0.15) is 0 Å². The number of aryl methyl sites for hydroxylation is 4. The Morgan fingerprint density at radius 1 is 0.198 bits per heavy atom. The first kappa shape index (κ1) is 50.1. The van der Waals surface area contributed by atoms with Crippen LogP contribution in [-0.2, 0) is 10.8 Å². The molecule has 3 aliphatic rings. The van der Waals surface area contributed by atoms with Gasteiger partial charge in [-0.15, -0.1) is 0 Å². The Kier molecular flexibility index (Phi) is 11.1. The molecule has 0 fully saturated rings. The van der Waals surface area contributed by atoms with Gasteiger partial charge in [0.2, 0.25) is 0 Å². The normalized spacial score (nSPS) is 13.5. The highest BCUT2D eigenvalue weighted by Crippen LogP contribution is 2.62. The minimum atomic E-state index is -0.518. The van der Waals surface area contributed by atoms with E-state index in [1.54, 1.807) is 0 Å². The molecule has 0 N–H and O–H groups in total. The Balaban J connectivity index is 0.900. The van der Waals surface area contributed by atoms with E-state index in [2.05, 4.69) is 319 Å². The molecule has 0 radical (unpaired) electrons. The molecule has 14 aromatic carbocycles. The number of hydrogen-bond acceptors (Lipinski definition) is 0. The third-order valence-electron chi connectivity index (χ3n) is 19.7. The molecule has 86 heavy (non-hydrogen) atoms. The van der Waals surface area contributed by atoms with E-state index in [0.717, 1.165) is 0 Å². The molecule has 14 aromatic rings. The number of benzene rings is 14. The van der Waals surface area contributed by atoms with Crippen LogP contribution in [0.4, 0.5) is 0 Å². The largest absolute Gasteiger partial charge is 0.0713 e. The van der Waals surface area contributed by atoms with E-state index in [1.165, 1.54) is 177 Å². The quantitative estimate of drug-likeness (QED) is 0.142. The van der Waals surface area contributed by atoms with Crippen molar-refractivity contribution in [3.8, 4) is 89.0 Å². The zero-order valence-corrected chi connectivity index (χ0v) is 48.7. The van der Waals surface area contributed by atoms with Crippen molar-refractivity contribution >= 4 is 21.5 Å². The molecule has 0 saturated heterocycles. The van der Waals surface area contributed by atoms with E-state index in [0.29, 0.717) is 0 Å². The van der Waals surface area contributed by atoms with Crippen molar-refractivity contribution in [2.75, 3.05) is 0 Å². The molecule has 0 nitrogen and oxygen atoms in total. The van der Waals surface area contributed by atoms with E-state index in [1.807, 2.05) is 0 Å². The highest BCUT2D eigenvalue weighted by molar-refractivity contribution is 6.29. The molecular formula is C86H60.